The van der Waals surface area contributed by atoms with Gasteiger partial charge in [-0.2, -0.15) is 0 Å². The number of hydrogen-bond acceptors (Lipinski definition) is 3. The Hall–Kier alpha value is -0.831. The third-order valence-electron chi connectivity index (χ3n) is 2.50. The summed E-state index contributed by atoms with van der Waals surface area (Å²) in [4.78, 5) is 9.08. The average molecular weight is 283 g/mol. The Labute approximate surface area is 102 Å². The summed E-state index contributed by atoms with van der Waals surface area (Å²) in [5.74, 6) is 0.715. The number of hydrogen-bond donors (Lipinski definition) is 0. The third kappa shape index (κ3) is 2.46. The molecule has 0 aliphatic rings. The number of pyridine rings is 1. The zero-order valence-electron chi connectivity index (χ0n) is 9.86. The van der Waals surface area contributed by atoms with Crippen molar-refractivity contribution in [2.75, 3.05) is 27.7 Å². The normalized spacial score (nSPS) is 11.2. The van der Waals surface area contributed by atoms with Crippen LogP contribution < -0.4 is 4.74 Å². The van der Waals surface area contributed by atoms with E-state index in [1.54, 1.807) is 7.11 Å². The molecule has 0 N–H and O–H groups in total. The fraction of sp³-hybridized carbons (Fsp3) is 0.417. The summed E-state index contributed by atoms with van der Waals surface area (Å²) in [6.45, 7) is 1.07. The van der Waals surface area contributed by atoms with Crippen molar-refractivity contribution in [1.82, 2.24) is 9.88 Å². The molecule has 3 nitrogen and oxygen atoms in total. The molecule has 0 fully saturated rings. The van der Waals surface area contributed by atoms with Crippen molar-refractivity contribution in [3.63, 3.8) is 0 Å². The molecule has 0 atom stereocenters. The summed E-state index contributed by atoms with van der Waals surface area (Å²) >= 11 is 0.455. The van der Waals surface area contributed by atoms with Crippen molar-refractivity contribution in [1.29, 1.82) is 0 Å². The van der Waals surface area contributed by atoms with Gasteiger partial charge in [0, 0.05) is 0 Å². The molecule has 0 bridgehead atoms. The van der Waals surface area contributed by atoms with E-state index in [2.05, 4.69) is 35.0 Å². The second-order valence-corrected chi connectivity index (χ2v) is 5.93. The van der Waals surface area contributed by atoms with E-state index in [0.29, 0.717) is 20.4 Å². The molecule has 0 saturated heterocycles. The summed E-state index contributed by atoms with van der Waals surface area (Å²) < 4.78 is 6.55. The van der Waals surface area contributed by atoms with E-state index in [0.717, 1.165) is 18.5 Å². The van der Waals surface area contributed by atoms with Crippen LogP contribution in [-0.2, 0) is 6.42 Å². The van der Waals surface area contributed by atoms with Gasteiger partial charge in [-0.1, -0.05) is 0 Å². The second-order valence-electron chi connectivity index (χ2n) is 4.01. The van der Waals surface area contributed by atoms with Crippen LogP contribution in [0.3, 0.4) is 0 Å². The van der Waals surface area contributed by atoms with E-state index in [1.165, 1.54) is 9.82 Å². The number of rotatable bonds is 4. The van der Waals surface area contributed by atoms with Gasteiger partial charge < -0.3 is 0 Å². The topological polar surface area (TPSA) is 25.4 Å². The van der Waals surface area contributed by atoms with Crippen LogP contribution in [0.2, 0.25) is 0 Å². The first-order valence-corrected chi connectivity index (χ1v) is 7.11. The fourth-order valence-electron chi connectivity index (χ4n) is 1.58. The van der Waals surface area contributed by atoms with Crippen molar-refractivity contribution in [3.8, 4) is 5.88 Å². The molecule has 0 spiro atoms. The Morgan fingerprint density at radius 2 is 2.19 bits per heavy atom. The average Bonchev–Trinajstić information content (AvgIpc) is 2.68. The van der Waals surface area contributed by atoms with Gasteiger partial charge in [0.2, 0.25) is 0 Å². The van der Waals surface area contributed by atoms with Gasteiger partial charge in [0.25, 0.3) is 0 Å². The maximum absolute atomic E-state index is 5.17. The van der Waals surface area contributed by atoms with Crippen LogP contribution in [0.25, 0.3) is 9.78 Å². The summed E-state index contributed by atoms with van der Waals surface area (Å²) in [6.07, 6.45) is 1.07. The molecule has 0 unspecified atom stereocenters. The van der Waals surface area contributed by atoms with Crippen LogP contribution in [0.4, 0.5) is 0 Å². The van der Waals surface area contributed by atoms with E-state index in [4.69, 9.17) is 4.74 Å². The van der Waals surface area contributed by atoms with Crippen LogP contribution in [0.15, 0.2) is 17.1 Å². The molecule has 0 aromatic carbocycles. The van der Waals surface area contributed by atoms with E-state index >= 15 is 0 Å². The quantitative estimate of drug-likeness (QED) is 0.793. The van der Waals surface area contributed by atoms with Gasteiger partial charge >= 0.3 is 102 Å². The van der Waals surface area contributed by atoms with Gasteiger partial charge in [-0.3, -0.25) is 0 Å². The van der Waals surface area contributed by atoms with E-state index in [1.807, 2.05) is 6.07 Å². The molecule has 0 aliphatic carbocycles. The van der Waals surface area contributed by atoms with Gasteiger partial charge in [-0.05, 0) is 0 Å². The molecule has 16 heavy (non-hydrogen) atoms. The Balaban J connectivity index is 2.30. The molecule has 86 valence electrons. The molecule has 0 amide bonds. The molecule has 4 heteroatoms. The molecular formula is C12H16N2OSe. The SMILES string of the molecule is COc1ccc2[se]cc(CCN(C)C)c2n1. The standard InChI is InChI=1S/C12H16N2OSe/c1-14(2)7-6-9-8-16-10-4-5-11(15-3)13-12(9)10/h4-5,8H,6-7H2,1-3H3. The number of likely N-dealkylation sites (N-methyl/N-ethyl adjacent to an activating group) is 1. The molecule has 2 rings (SSSR count). The Morgan fingerprint density at radius 1 is 1.38 bits per heavy atom. The number of methoxy groups -OCH3 is 1. The summed E-state index contributed by atoms with van der Waals surface area (Å²) in [5.41, 5.74) is 2.53. The van der Waals surface area contributed by atoms with Crippen LogP contribution in [0, 0.1) is 0 Å². The van der Waals surface area contributed by atoms with Crippen molar-refractivity contribution < 1.29 is 4.74 Å². The minimum absolute atomic E-state index is 0.455. The van der Waals surface area contributed by atoms with E-state index < -0.39 is 0 Å². The molecule has 2 heterocycles. The number of ether oxygens (including phenoxy) is 1. The predicted octanol–water partition coefficient (Wildman–Crippen LogP) is 1.40. The first-order valence-electron chi connectivity index (χ1n) is 5.26. The monoisotopic (exact) mass is 284 g/mol. The van der Waals surface area contributed by atoms with E-state index in [9.17, 15) is 0 Å². The summed E-state index contributed by atoms with van der Waals surface area (Å²) in [6, 6.07) is 4.09. The number of aromatic nitrogens is 1. The first-order chi connectivity index (χ1) is 7.70. The minimum atomic E-state index is 0.455. The van der Waals surface area contributed by atoms with Crippen LogP contribution in [0.1, 0.15) is 5.56 Å². The van der Waals surface area contributed by atoms with Gasteiger partial charge in [0.15, 0.2) is 0 Å². The predicted molar refractivity (Wildman–Crippen MR) is 67.5 cm³/mol. The third-order valence-corrected chi connectivity index (χ3v) is 4.57. The molecule has 0 radical (unpaired) electrons. The Bertz CT molecular complexity index is 479. The maximum atomic E-state index is 5.17. The fourth-order valence-corrected chi connectivity index (χ4v) is 3.54. The zero-order valence-corrected chi connectivity index (χ0v) is 11.6. The summed E-state index contributed by atoms with van der Waals surface area (Å²) in [5, 5.41) is 0. The molecule has 0 aliphatic heterocycles. The van der Waals surface area contributed by atoms with Crippen molar-refractivity contribution in [3.05, 3.63) is 22.6 Å². The van der Waals surface area contributed by atoms with Crippen LogP contribution in [0.5, 0.6) is 5.88 Å². The second kappa shape index (κ2) is 5.00. The molecule has 0 saturated carbocycles. The van der Waals surface area contributed by atoms with Crippen molar-refractivity contribution in [2.45, 2.75) is 6.42 Å². The molecule has 2 aromatic rings. The number of nitrogens with zero attached hydrogens (tertiary/aromatic N) is 2. The molecule has 2 aromatic heterocycles. The Kier molecular flexibility index (Phi) is 3.64. The van der Waals surface area contributed by atoms with Gasteiger partial charge in [-0.25, -0.2) is 0 Å². The number of fused-ring (bicyclic) bond motifs is 1. The molecular weight excluding hydrogens is 267 g/mol. The van der Waals surface area contributed by atoms with Crippen molar-refractivity contribution >= 4 is 24.3 Å². The van der Waals surface area contributed by atoms with Crippen LogP contribution >= 0.6 is 0 Å². The first kappa shape index (κ1) is 11.6. The van der Waals surface area contributed by atoms with Gasteiger partial charge in [0.05, 0.1) is 0 Å². The zero-order chi connectivity index (χ0) is 11.5. The van der Waals surface area contributed by atoms with Gasteiger partial charge in [-0.15, -0.1) is 0 Å². The summed E-state index contributed by atoms with van der Waals surface area (Å²) in [7, 11) is 5.86. The Morgan fingerprint density at radius 3 is 2.88 bits per heavy atom. The van der Waals surface area contributed by atoms with Crippen molar-refractivity contribution in [2.24, 2.45) is 0 Å². The van der Waals surface area contributed by atoms with E-state index in [-0.39, 0.29) is 0 Å². The van der Waals surface area contributed by atoms with Gasteiger partial charge in [0.1, 0.15) is 0 Å². The van der Waals surface area contributed by atoms with Crippen LogP contribution in [-0.4, -0.2) is 52.1 Å².